The standard InChI is InChI=1S/C19H25F3N2O2/c20-19(21,22)15-5-4-10-24(13-15)18(25)14-23-11-8-17(9-12-23)26-16-6-2-1-3-7-16/h1-3,6-7,15,17H,4-5,8-14H2. The lowest BCUT2D eigenvalue weighted by Crippen LogP contribution is -2.49. The molecule has 4 nitrogen and oxygen atoms in total. The van der Waals surface area contributed by atoms with Crippen molar-refractivity contribution in [1.82, 2.24) is 9.80 Å². The Morgan fingerprint density at radius 3 is 2.42 bits per heavy atom. The molecular weight excluding hydrogens is 345 g/mol. The molecule has 0 bridgehead atoms. The second-order valence-electron chi connectivity index (χ2n) is 7.13. The average Bonchev–Trinajstić information content (AvgIpc) is 2.63. The van der Waals surface area contributed by atoms with E-state index in [-0.39, 0.29) is 31.5 Å². The Labute approximate surface area is 151 Å². The monoisotopic (exact) mass is 370 g/mol. The maximum absolute atomic E-state index is 12.9. The van der Waals surface area contributed by atoms with Gasteiger partial charge in [-0.2, -0.15) is 13.2 Å². The van der Waals surface area contributed by atoms with E-state index in [0.29, 0.717) is 13.0 Å². The molecule has 26 heavy (non-hydrogen) atoms. The van der Waals surface area contributed by atoms with Crippen LogP contribution in [0.3, 0.4) is 0 Å². The van der Waals surface area contributed by atoms with E-state index in [9.17, 15) is 18.0 Å². The van der Waals surface area contributed by atoms with Crippen LogP contribution >= 0.6 is 0 Å². The van der Waals surface area contributed by atoms with Crippen LogP contribution in [0.4, 0.5) is 13.2 Å². The number of rotatable bonds is 4. The Balaban J connectivity index is 1.43. The van der Waals surface area contributed by atoms with Crippen LogP contribution in [0, 0.1) is 5.92 Å². The third-order valence-electron chi connectivity index (χ3n) is 5.18. The summed E-state index contributed by atoms with van der Waals surface area (Å²) in [5, 5.41) is 0. The molecule has 1 aromatic carbocycles. The van der Waals surface area contributed by atoms with Crippen molar-refractivity contribution in [3.05, 3.63) is 30.3 Å². The molecule has 0 saturated carbocycles. The minimum atomic E-state index is -4.22. The summed E-state index contributed by atoms with van der Waals surface area (Å²) in [5.74, 6) is -0.736. The van der Waals surface area contributed by atoms with Gasteiger partial charge in [0.15, 0.2) is 0 Å². The van der Waals surface area contributed by atoms with E-state index < -0.39 is 12.1 Å². The van der Waals surface area contributed by atoms with Gasteiger partial charge in [0, 0.05) is 26.2 Å². The van der Waals surface area contributed by atoms with Crippen LogP contribution in [0.5, 0.6) is 5.75 Å². The highest BCUT2D eigenvalue weighted by Crippen LogP contribution is 2.33. The van der Waals surface area contributed by atoms with Gasteiger partial charge in [0.25, 0.3) is 0 Å². The number of hydrogen-bond donors (Lipinski definition) is 0. The second kappa shape index (κ2) is 8.29. The summed E-state index contributed by atoms with van der Waals surface area (Å²) in [6.07, 6.45) is -1.93. The molecule has 1 unspecified atom stereocenters. The van der Waals surface area contributed by atoms with Crippen molar-refractivity contribution in [1.29, 1.82) is 0 Å². The van der Waals surface area contributed by atoms with Gasteiger partial charge in [0.2, 0.25) is 5.91 Å². The molecule has 1 aromatic rings. The SMILES string of the molecule is O=C(CN1CCC(Oc2ccccc2)CC1)N1CCCC(C(F)(F)F)C1. The van der Waals surface area contributed by atoms with Crippen LogP contribution in [-0.2, 0) is 4.79 Å². The smallest absolute Gasteiger partial charge is 0.393 e. The topological polar surface area (TPSA) is 32.8 Å². The van der Waals surface area contributed by atoms with Gasteiger partial charge in [-0.25, -0.2) is 0 Å². The first kappa shape index (κ1) is 19.0. The van der Waals surface area contributed by atoms with Gasteiger partial charge < -0.3 is 9.64 Å². The molecule has 7 heteroatoms. The number of nitrogens with zero attached hydrogens (tertiary/aromatic N) is 2. The van der Waals surface area contributed by atoms with E-state index in [0.717, 1.165) is 31.7 Å². The fourth-order valence-corrected chi connectivity index (χ4v) is 3.64. The number of carbonyl (C=O) groups excluding carboxylic acids is 1. The first-order chi connectivity index (χ1) is 12.4. The predicted octanol–water partition coefficient (Wildman–Crippen LogP) is 3.33. The van der Waals surface area contributed by atoms with Crippen LogP contribution in [-0.4, -0.2) is 60.7 Å². The second-order valence-corrected chi connectivity index (χ2v) is 7.13. The van der Waals surface area contributed by atoms with Gasteiger partial charge in [0.1, 0.15) is 11.9 Å². The number of para-hydroxylation sites is 1. The largest absolute Gasteiger partial charge is 0.490 e. The Morgan fingerprint density at radius 2 is 1.77 bits per heavy atom. The Kier molecular flexibility index (Phi) is 6.06. The fourth-order valence-electron chi connectivity index (χ4n) is 3.64. The van der Waals surface area contributed by atoms with Crippen LogP contribution in [0.1, 0.15) is 25.7 Å². The van der Waals surface area contributed by atoms with Gasteiger partial charge in [0.05, 0.1) is 12.5 Å². The predicted molar refractivity (Wildman–Crippen MR) is 91.9 cm³/mol. The van der Waals surface area contributed by atoms with Crippen molar-refractivity contribution >= 4 is 5.91 Å². The lowest BCUT2D eigenvalue weighted by Gasteiger charge is -2.36. The highest BCUT2D eigenvalue weighted by atomic mass is 19.4. The molecule has 2 aliphatic rings. The van der Waals surface area contributed by atoms with Crippen molar-refractivity contribution < 1.29 is 22.7 Å². The first-order valence-electron chi connectivity index (χ1n) is 9.20. The van der Waals surface area contributed by atoms with E-state index in [1.807, 2.05) is 35.2 Å². The maximum Gasteiger partial charge on any atom is 0.393 e. The van der Waals surface area contributed by atoms with Crippen molar-refractivity contribution in [2.75, 3.05) is 32.7 Å². The molecule has 2 saturated heterocycles. The van der Waals surface area contributed by atoms with Crippen LogP contribution in [0.15, 0.2) is 30.3 Å². The molecule has 0 spiro atoms. The molecule has 1 atom stereocenters. The van der Waals surface area contributed by atoms with E-state index in [2.05, 4.69) is 0 Å². The van der Waals surface area contributed by atoms with Crippen molar-refractivity contribution in [3.8, 4) is 5.75 Å². The minimum Gasteiger partial charge on any atom is -0.490 e. The highest BCUT2D eigenvalue weighted by Gasteiger charge is 2.42. The van der Waals surface area contributed by atoms with Crippen LogP contribution < -0.4 is 4.74 Å². The molecule has 2 aliphatic heterocycles. The first-order valence-corrected chi connectivity index (χ1v) is 9.20. The molecule has 0 radical (unpaired) electrons. The molecule has 0 N–H and O–H groups in total. The molecule has 2 heterocycles. The average molecular weight is 370 g/mol. The van der Waals surface area contributed by atoms with Gasteiger partial charge >= 0.3 is 6.18 Å². The number of piperidine rings is 2. The highest BCUT2D eigenvalue weighted by molar-refractivity contribution is 5.78. The number of alkyl halides is 3. The van der Waals surface area contributed by atoms with E-state index in [1.54, 1.807) is 0 Å². The van der Waals surface area contributed by atoms with Gasteiger partial charge in [-0.1, -0.05) is 18.2 Å². The number of ether oxygens (including phenoxy) is 1. The van der Waals surface area contributed by atoms with Crippen molar-refractivity contribution in [2.24, 2.45) is 5.92 Å². The van der Waals surface area contributed by atoms with Gasteiger partial charge in [-0.15, -0.1) is 0 Å². The summed E-state index contributed by atoms with van der Waals surface area (Å²) in [4.78, 5) is 15.8. The Morgan fingerprint density at radius 1 is 1.08 bits per heavy atom. The fraction of sp³-hybridized carbons (Fsp3) is 0.632. The number of hydrogen-bond acceptors (Lipinski definition) is 3. The Hall–Kier alpha value is -1.76. The molecule has 144 valence electrons. The van der Waals surface area contributed by atoms with Crippen molar-refractivity contribution in [2.45, 2.75) is 38.0 Å². The molecular formula is C19H25F3N2O2. The summed E-state index contributed by atoms with van der Waals surface area (Å²) in [6.45, 7) is 1.87. The zero-order chi connectivity index (χ0) is 18.6. The minimum absolute atomic E-state index is 0.119. The number of benzene rings is 1. The lowest BCUT2D eigenvalue weighted by molar-refractivity contribution is -0.188. The quantitative estimate of drug-likeness (QED) is 0.815. The van der Waals surface area contributed by atoms with Crippen molar-refractivity contribution in [3.63, 3.8) is 0 Å². The van der Waals surface area contributed by atoms with Crippen LogP contribution in [0.25, 0.3) is 0 Å². The molecule has 0 aliphatic carbocycles. The molecule has 2 fully saturated rings. The maximum atomic E-state index is 12.9. The molecule has 0 aromatic heterocycles. The number of likely N-dealkylation sites (tertiary alicyclic amines) is 2. The summed E-state index contributed by atoms with van der Waals surface area (Å²) >= 11 is 0. The Bertz CT molecular complexity index is 586. The number of amides is 1. The van der Waals surface area contributed by atoms with Gasteiger partial charge in [-0.3, -0.25) is 9.69 Å². The van der Waals surface area contributed by atoms with Gasteiger partial charge in [-0.05, 0) is 37.8 Å². The van der Waals surface area contributed by atoms with E-state index >= 15 is 0 Å². The zero-order valence-corrected chi connectivity index (χ0v) is 14.8. The number of carbonyl (C=O) groups is 1. The third kappa shape index (κ3) is 5.13. The summed E-state index contributed by atoms with van der Waals surface area (Å²) in [6, 6.07) is 9.63. The summed E-state index contributed by atoms with van der Waals surface area (Å²) in [5.41, 5.74) is 0. The molecule has 3 rings (SSSR count). The number of halogens is 3. The normalized spacial score (nSPS) is 23.0. The lowest BCUT2D eigenvalue weighted by atomic mass is 9.97. The van der Waals surface area contributed by atoms with E-state index in [1.165, 1.54) is 4.90 Å². The summed E-state index contributed by atoms with van der Waals surface area (Å²) < 4.78 is 44.6. The van der Waals surface area contributed by atoms with E-state index in [4.69, 9.17) is 4.74 Å². The van der Waals surface area contributed by atoms with Crippen LogP contribution in [0.2, 0.25) is 0 Å². The summed E-state index contributed by atoms with van der Waals surface area (Å²) in [7, 11) is 0. The molecule has 1 amide bonds. The third-order valence-corrected chi connectivity index (χ3v) is 5.18. The zero-order valence-electron chi connectivity index (χ0n) is 14.8.